The average Bonchev–Trinajstić information content (AvgIpc) is 2.30. The molecule has 100 valence electrons. The van der Waals surface area contributed by atoms with Gasteiger partial charge in [-0.2, -0.15) is 8.42 Å². The Hall–Kier alpha value is -1.43. The van der Waals surface area contributed by atoms with Crippen LogP contribution >= 0.6 is 0 Å². The maximum atomic E-state index is 12.6. The van der Waals surface area contributed by atoms with Gasteiger partial charge in [-0.3, -0.25) is 4.79 Å². The zero-order valence-corrected chi connectivity index (χ0v) is 11.2. The van der Waals surface area contributed by atoms with Gasteiger partial charge >= 0.3 is 10.2 Å². The Labute approximate surface area is 107 Å². The number of carbonyl (C=O) groups is 1. The summed E-state index contributed by atoms with van der Waals surface area (Å²) in [6, 6.07) is 5.24. The zero-order chi connectivity index (χ0) is 13.8. The minimum absolute atomic E-state index is 0.0316. The molecule has 0 atom stereocenters. The third kappa shape index (κ3) is 3.80. The van der Waals surface area contributed by atoms with Gasteiger partial charge < -0.3 is 4.90 Å². The van der Waals surface area contributed by atoms with E-state index in [1.807, 2.05) is 13.8 Å². The molecule has 1 rings (SSSR count). The molecule has 0 aliphatic carbocycles. The topological polar surface area (TPSA) is 54.5 Å². The monoisotopic (exact) mass is 273 g/mol. The highest BCUT2D eigenvalue weighted by Gasteiger charge is 2.13. The molecule has 18 heavy (non-hydrogen) atoms. The molecule has 0 radical (unpaired) electrons. The predicted molar refractivity (Wildman–Crippen MR) is 66.4 cm³/mol. The fourth-order valence-corrected chi connectivity index (χ4v) is 2.09. The summed E-state index contributed by atoms with van der Waals surface area (Å²) in [5.41, 5.74) is 0.666. The Morgan fingerprint density at radius 3 is 2.06 bits per heavy atom. The molecule has 0 aliphatic heterocycles. The lowest BCUT2D eigenvalue weighted by Crippen LogP contribution is -2.31. The first kappa shape index (κ1) is 14.6. The predicted octanol–water partition coefficient (Wildman–Crippen LogP) is 1.76. The van der Waals surface area contributed by atoms with Crippen molar-refractivity contribution in [3.8, 4) is 0 Å². The van der Waals surface area contributed by atoms with E-state index in [9.17, 15) is 17.1 Å². The third-order valence-electron chi connectivity index (χ3n) is 2.68. The molecule has 0 saturated carbocycles. The summed E-state index contributed by atoms with van der Waals surface area (Å²) in [6.07, 6.45) is 0.189. The van der Waals surface area contributed by atoms with E-state index in [0.717, 1.165) is 0 Å². The molecule has 0 bridgehead atoms. The van der Waals surface area contributed by atoms with Crippen molar-refractivity contribution in [3.63, 3.8) is 0 Å². The molecule has 0 fully saturated rings. The van der Waals surface area contributed by atoms with Crippen LogP contribution in [0.1, 0.15) is 19.4 Å². The van der Waals surface area contributed by atoms with Crippen LogP contribution in [0.2, 0.25) is 0 Å². The molecule has 0 spiro atoms. The normalized spacial score (nSPS) is 11.3. The van der Waals surface area contributed by atoms with Crippen molar-refractivity contribution in [2.75, 3.05) is 13.1 Å². The summed E-state index contributed by atoms with van der Waals surface area (Å²) in [7, 11) is -4.67. The van der Waals surface area contributed by atoms with Gasteiger partial charge in [-0.1, -0.05) is 12.1 Å². The van der Waals surface area contributed by atoms with E-state index in [1.165, 1.54) is 24.3 Å². The second-order valence-electron chi connectivity index (χ2n) is 3.82. The summed E-state index contributed by atoms with van der Waals surface area (Å²) in [5, 5.41) is 0. The van der Waals surface area contributed by atoms with Crippen LogP contribution in [-0.4, -0.2) is 32.3 Å². The molecule has 0 aromatic heterocycles. The summed E-state index contributed by atoms with van der Waals surface area (Å²) < 4.78 is 33.9. The molecule has 0 N–H and O–H groups in total. The molecule has 1 aromatic carbocycles. The highest BCUT2D eigenvalue weighted by atomic mass is 32.3. The van der Waals surface area contributed by atoms with Crippen molar-refractivity contribution in [2.24, 2.45) is 0 Å². The fraction of sp³-hybridized carbons (Fsp3) is 0.417. The molecular weight excluding hydrogens is 257 g/mol. The van der Waals surface area contributed by atoms with E-state index in [1.54, 1.807) is 4.90 Å². The first-order chi connectivity index (χ1) is 8.38. The van der Waals surface area contributed by atoms with Gasteiger partial charge in [0.15, 0.2) is 0 Å². The summed E-state index contributed by atoms with van der Waals surface area (Å²) in [6.45, 7) is 5.04. The Morgan fingerprint density at radius 2 is 1.67 bits per heavy atom. The standard InChI is InChI=1S/C12H16FNO3S/c1-3-14(4-2)12(15)9-10-5-7-11(8-6-10)18(13,16)17/h5-8H,3-4,9H2,1-2H3. The van der Waals surface area contributed by atoms with E-state index in [2.05, 4.69) is 0 Å². The lowest BCUT2D eigenvalue weighted by molar-refractivity contribution is -0.130. The highest BCUT2D eigenvalue weighted by Crippen LogP contribution is 2.13. The number of carbonyl (C=O) groups excluding carboxylic acids is 1. The van der Waals surface area contributed by atoms with E-state index in [4.69, 9.17) is 0 Å². The van der Waals surface area contributed by atoms with E-state index in [0.29, 0.717) is 18.7 Å². The van der Waals surface area contributed by atoms with Crippen LogP contribution in [0.4, 0.5) is 3.89 Å². The average molecular weight is 273 g/mol. The highest BCUT2D eigenvalue weighted by molar-refractivity contribution is 7.86. The second kappa shape index (κ2) is 5.95. The number of rotatable bonds is 5. The van der Waals surface area contributed by atoms with E-state index < -0.39 is 10.2 Å². The van der Waals surface area contributed by atoms with Crippen molar-refractivity contribution in [1.29, 1.82) is 0 Å². The van der Waals surface area contributed by atoms with Crippen molar-refractivity contribution in [2.45, 2.75) is 25.2 Å². The summed E-state index contributed by atoms with van der Waals surface area (Å²) in [4.78, 5) is 13.1. The van der Waals surface area contributed by atoms with Crippen LogP contribution in [0.5, 0.6) is 0 Å². The first-order valence-corrected chi connectivity index (χ1v) is 7.08. The van der Waals surface area contributed by atoms with Gasteiger partial charge in [0.1, 0.15) is 0 Å². The molecular formula is C12H16FNO3S. The SMILES string of the molecule is CCN(CC)C(=O)Cc1ccc(S(=O)(=O)F)cc1. The van der Waals surface area contributed by atoms with Crippen molar-refractivity contribution >= 4 is 16.1 Å². The molecule has 6 heteroatoms. The van der Waals surface area contributed by atoms with Gasteiger partial charge in [-0.25, -0.2) is 0 Å². The second-order valence-corrected chi connectivity index (χ2v) is 5.17. The molecule has 0 heterocycles. The van der Waals surface area contributed by atoms with Crippen LogP contribution in [-0.2, 0) is 21.4 Å². The van der Waals surface area contributed by atoms with Gasteiger partial charge in [0, 0.05) is 13.1 Å². The lowest BCUT2D eigenvalue weighted by Gasteiger charge is -2.18. The third-order valence-corrected chi connectivity index (χ3v) is 3.51. The van der Waals surface area contributed by atoms with E-state index in [-0.39, 0.29) is 17.2 Å². The van der Waals surface area contributed by atoms with Gasteiger partial charge in [0.2, 0.25) is 5.91 Å². The quantitative estimate of drug-likeness (QED) is 0.768. The van der Waals surface area contributed by atoms with Crippen molar-refractivity contribution < 1.29 is 17.1 Å². The molecule has 1 amide bonds. The number of benzene rings is 1. The van der Waals surface area contributed by atoms with Crippen LogP contribution in [0.15, 0.2) is 29.2 Å². The smallest absolute Gasteiger partial charge is 0.332 e. The molecule has 1 aromatic rings. The number of likely N-dealkylation sites (N-methyl/N-ethyl adjacent to an activating group) is 1. The zero-order valence-electron chi connectivity index (χ0n) is 10.4. The van der Waals surface area contributed by atoms with Crippen LogP contribution < -0.4 is 0 Å². The van der Waals surface area contributed by atoms with E-state index >= 15 is 0 Å². The Balaban J connectivity index is 2.79. The van der Waals surface area contributed by atoms with Crippen LogP contribution in [0.3, 0.4) is 0 Å². The number of amides is 1. The number of hydrogen-bond donors (Lipinski definition) is 0. The summed E-state index contributed by atoms with van der Waals surface area (Å²) in [5.74, 6) is -0.0316. The van der Waals surface area contributed by atoms with Gasteiger partial charge in [0.05, 0.1) is 11.3 Å². The Kier molecular flexibility index (Phi) is 4.84. The fourth-order valence-electron chi connectivity index (χ4n) is 1.63. The molecule has 4 nitrogen and oxygen atoms in total. The van der Waals surface area contributed by atoms with Crippen LogP contribution in [0.25, 0.3) is 0 Å². The van der Waals surface area contributed by atoms with Crippen LogP contribution in [0, 0.1) is 0 Å². The minimum Gasteiger partial charge on any atom is -0.343 e. The Morgan fingerprint density at radius 1 is 1.17 bits per heavy atom. The van der Waals surface area contributed by atoms with Gasteiger partial charge in [0.25, 0.3) is 0 Å². The van der Waals surface area contributed by atoms with Gasteiger partial charge in [-0.05, 0) is 31.5 Å². The van der Waals surface area contributed by atoms with Gasteiger partial charge in [-0.15, -0.1) is 3.89 Å². The van der Waals surface area contributed by atoms with Crippen molar-refractivity contribution in [1.82, 2.24) is 4.90 Å². The molecule has 0 aliphatic rings. The minimum atomic E-state index is -4.67. The lowest BCUT2D eigenvalue weighted by atomic mass is 10.1. The molecule has 0 saturated heterocycles. The first-order valence-electron chi connectivity index (χ1n) is 5.69. The maximum absolute atomic E-state index is 12.6. The number of nitrogens with zero attached hydrogens (tertiary/aromatic N) is 1. The number of halogens is 1. The Bertz CT molecular complexity index is 507. The summed E-state index contributed by atoms with van der Waals surface area (Å²) >= 11 is 0. The largest absolute Gasteiger partial charge is 0.343 e. The molecule has 0 unspecified atom stereocenters. The van der Waals surface area contributed by atoms with Crippen molar-refractivity contribution in [3.05, 3.63) is 29.8 Å². The maximum Gasteiger partial charge on any atom is 0.332 e. The number of hydrogen-bond acceptors (Lipinski definition) is 3.